The molecule has 0 heterocycles. The molecule has 0 rings (SSSR count). The van der Waals surface area contributed by atoms with Crippen LogP contribution in [0.3, 0.4) is 0 Å². The monoisotopic (exact) mass is 346 g/mol. The van der Waals surface area contributed by atoms with Crippen molar-refractivity contribution in [1.29, 1.82) is 0 Å². The van der Waals surface area contributed by atoms with E-state index in [4.69, 9.17) is 9.47 Å². The van der Waals surface area contributed by atoms with Gasteiger partial charge in [-0.3, -0.25) is 9.59 Å². The molecule has 114 valence electrons. The molecular formula is C15H23BrO4. The maximum atomic E-state index is 12.3. The van der Waals surface area contributed by atoms with Crippen molar-refractivity contribution < 1.29 is 19.1 Å². The lowest BCUT2D eigenvalue weighted by molar-refractivity contribution is -0.171. The standard InChI is InChI=1S/C15H23BrO4/c1-5-19-13(17)15(11-12(3)4,9-7-8-10-16)14(18)20-6-2/h7-8H,3,5-6,9-11H2,1-2,4H3/b8-7+. The largest absolute Gasteiger partial charge is 0.465 e. The van der Waals surface area contributed by atoms with Gasteiger partial charge in [0.25, 0.3) is 0 Å². The Balaban J connectivity index is 5.48. The van der Waals surface area contributed by atoms with Crippen molar-refractivity contribution in [3.8, 4) is 0 Å². The average molecular weight is 347 g/mol. The molecule has 5 heteroatoms. The van der Waals surface area contributed by atoms with E-state index in [1.165, 1.54) is 0 Å². The van der Waals surface area contributed by atoms with E-state index in [0.29, 0.717) is 5.33 Å². The molecule has 20 heavy (non-hydrogen) atoms. The van der Waals surface area contributed by atoms with E-state index < -0.39 is 17.4 Å². The number of hydrogen-bond donors (Lipinski definition) is 0. The molecule has 0 aliphatic heterocycles. The van der Waals surface area contributed by atoms with Gasteiger partial charge in [-0.25, -0.2) is 0 Å². The van der Waals surface area contributed by atoms with E-state index >= 15 is 0 Å². The Morgan fingerprint density at radius 1 is 1.15 bits per heavy atom. The molecule has 0 aliphatic rings. The number of esters is 2. The average Bonchev–Trinajstić information content (AvgIpc) is 2.37. The first kappa shape index (κ1) is 18.9. The minimum absolute atomic E-state index is 0.220. The zero-order valence-corrected chi connectivity index (χ0v) is 14.0. The highest BCUT2D eigenvalue weighted by atomic mass is 79.9. The predicted octanol–water partition coefficient (Wildman–Crippen LogP) is 3.41. The zero-order chi connectivity index (χ0) is 15.6. The minimum Gasteiger partial charge on any atom is -0.465 e. The van der Waals surface area contributed by atoms with Crippen LogP contribution in [0.5, 0.6) is 0 Å². The van der Waals surface area contributed by atoms with Crippen LogP contribution in [0.15, 0.2) is 24.3 Å². The van der Waals surface area contributed by atoms with Crippen LogP contribution in [0.4, 0.5) is 0 Å². The van der Waals surface area contributed by atoms with Crippen molar-refractivity contribution in [2.75, 3.05) is 18.5 Å². The van der Waals surface area contributed by atoms with Crippen molar-refractivity contribution in [3.63, 3.8) is 0 Å². The predicted molar refractivity (Wildman–Crippen MR) is 82.7 cm³/mol. The Bertz CT molecular complexity index is 356. The van der Waals surface area contributed by atoms with Crippen LogP contribution in [0, 0.1) is 5.41 Å². The lowest BCUT2D eigenvalue weighted by atomic mass is 9.78. The molecule has 0 aromatic heterocycles. The molecule has 0 aliphatic carbocycles. The molecule has 0 saturated heterocycles. The summed E-state index contributed by atoms with van der Waals surface area (Å²) >= 11 is 3.27. The number of allylic oxidation sites excluding steroid dienone is 3. The molecule has 0 amide bonds. The van der Waals surface area contributed by atoms with Crippen molar-refractivity contribution >= 4 is 27.9 Å². The number of halogens is 1. The fraction of sp³-hybridized carbons (Fsp3) is 0.600. The van der Waals surface area contributed by atoms with E-state index in [0.717, 1.165) is 5.57 Å². The SMILES string of the molecule is C=C(C)CC(C/C=C/CBr)(C(=O)OCC)C(=O)OCC. The summed E-state index contributed by atoms with van der Waals surface area (Å²) in [7, 11) is 0. The highest BCUT2D eigenvalue weighted by Gasteiger charge is 2.47. The summed E-state index contributed by atoms with van der Waals surface area (Å²) in [5.41, 5.74) is -0.602. The summed E-state index contributed by atoms with van der Waals surface area (Å²) in [6.07, 6.45) is 4.08. The molecular weight excluding hydrogens is 324 g/mol. The number of ether oxygens (including phenoxy) is 2. The molecule has 0 radical (unpaired) electrons. The minimum atomic E-state index is -1.34. The molecule has 0 aromatic rings. The van der Waals surface area contributed by atoms with Gasteiger partial charge >= 0.3 is 11.9 Å². The van der Waals surface area contributed by atoms with Gasteiger partial charge in [-0.2, -0.15) is 0 Å². The summed E-state index contributed by atoms with van der Waals surface area (Å²) in [6.45, 7) is 9.45. The smallest absolute Gasteiger partial charge is 0.324 e. The first-order chi connectivity index (χ1) is 9.44. The third-order valence-electron chi connectivity index (χ3n) is 2.66. The van der Waals surface area contributed by atoms with Crippen LogP contribution in [0.1, 0.15) is 33.6 Å². The second kappa shape index (κ2) is 9.75. The third-order valence-corrected chi connectivity index (χ3v) is 3.03. The molecule has 0 N–H and O–H groups in total. The van der Waals surface area contributed by atoms with Crippen molar-refractivity contribution in [3.05, 3.63) is 24.3 Å². The Morgan fingerprint density at radius 3 is 2.00 bits per heavy atom. The van der Waals surface area contributed by atoms with Gasteiger partial charge < -0.3 is 9.47 Å². The van der Waals surface area contributed by atoms with Crippen molar-refractivity contribution in [2.24, 2.45) is 5.41 Å². The van der Waals surface area contributed by atoms with Gasteiger partial charge in [0.05, 0.1) is 13.2 Å². The lowest BCUT2D eigenvalue weighted by Gasteiger charge is -2.28. The van der Waals surface area contributed by atoms with Gasteiger partial charge in [0.15, 0.2) is 5.41 Å². The topological polar surface area (TPSA) is 52.6 Å². The molecule has 0 unspecified atom stereocenters. The molecule has 4 nitrogen and oxygen atoms in total. The first-order valence-electron chi connectivity index (χ1n) is 6.64. The Kier molecular flexibility index (Phi) is 9.21. The summed E-state index contributed by atoms with van der Waals surface area (Å²) in [5.74, 6) is -1.11. The van der Waals surface area contributed by atoms with Gasteiger partial charge in [-0.05, 0) is 33.6 Å². The van der Waals surface area contributed by atoms with Crippen LogP contribution in [-0.2, 0) is 19.1 Å². The molecule has 0 aromatic carbocycles. The maximum Gasteiger partial charge on any atom is 0.324 e. The number of alkyl halides is 1. The molecule has 0 saturated carbocycles. The van der Waals surface area contributed by atoms with Crippen LogP contribution < -0.4 is 0 Å². The van der Waals surface area contributed by atoms with Gasteiger partial charge in [0.1, 0.15) is 0 Å². The first-order valence-corrected chi connectivity index (χ1v) is 7.76. The molecule has 0 fully saturated rings. The maximum absolute atomic E-state index is 12.3. The second-order valence-electron chi connectivity index (χ2n) is 4.49. The second-order valence-corrected chi connectivity index (χ2v) is 5.13. The summed E-state index contributed by atoms with van der Waals surface area (Å²) < 4.78 is 10.2. The fourth-order valence-electron chi connectivity index (χ4n) is 1.87. The van der Waals surface area contributed by atoms with E-state index in [1.807, 2.05) is 6.08 Å². The fourth-order valence-corrected chi connectivity index (χ4v) is 2.13. The number of rotatable bonds is 9. The Hall–Kier alpha value is -1.10. The van der Waals surface area contributed by atoms with Crippen LogP contribution >= 0.6 is 15.9 Å². The van der Waals surface area contributed by atoms with Crippen LogP contribution in [0.2, 0.25) is 0 Å². The quantitative estimate of drug-likeness (QED) is 0.278. The van der Waals surface area contributed by atoms with E-state index in [9.17, 15) is 9.59 Å². The third kappa shape index (κ3) is 5.49. The van der Waals surface area contributed by atoms with E-state index in [-0.39, 0.29) is 26.1 Å². The van der Waals surface area contributed by atoms with E-state index in [2.05, 4.69) is 22.5 Å². The van der Waals surface area contributed by atoms with Gasteiger partial charge in [-0.15, -0.1) is 6.58 Å². The van der Waals surface area contributed by atoms with Gasteiger partial charge in [-0.1, -0.05) is 33.7 Å². The molecule has 0 atom stereocenters. The highest BCUT2D eigenvalue weighted by Crippen LogP contribution is 2.34. The Morgan fingerprint density at radius 2 is 1.65 bits per heavy atom. The number of carbonyl (C=O) groups is 2. The van der Waals surface area contributed by atoms with Gasteiger partial charge in [0, 0.05) is 5.33 Å². The van der Waals surface area contributed by atoms with Crippen LogP contribution in [-0.4, -0.2) is 30.5 Å². The summed E-state index contributed by atoms with van der Waals surface area (Å²) in [5, 5.41) is 0.655. The summed E-state index contributed by atoms with van der Waals surface area (Å²) in [4.78, 5) is 24.6. The van der Waals surface area contributed by atoms with Crippen molar-refractivity contribution in [2.45, 2.75) is 33.6 Å². The zero-order valence-electron chi connectivity index (χ0n) is 12.4. The molecule has 0 bridgehead atoms. The number of hydrogen-bond acceptors (Lipinski definition) is 4. The summed E-state index contributed by atoms with van der Waals surface area (Å²) in [6, 6.07) is 0. The molecule has 0 spiro atoms. The van der Waals surface area contributed by atoms with Gasteiger partial charge in [0.2, 0.25) is 0 Å². The number of carbonyl (C=O) groups excluding carboxylic acids is 2. The lowest BCUT2D eigenvalue weighted by Crippen LogP contribution is -2.42. The highest BCUT2D eigenvalue weighted by molar-refractivity contribution is 9.09. The van der Waals surface area contributed by atoms with Crippen molar-refractivity contribution in [1.82, 2.24) is 0 Å². The van der Waals surface area contributed by atoms with E-state index in [1.54, 1.807) is 26.8 Å². The Labute approximate surface area is 129 Å². The normalized spacial score (nSPS) is 11.4. The van der Waals surface area contributed by atoms with Crippen LogP contribution in [0.25, 0.3) is 0 Å².